The van der Waals surface area contributed by atoms with Gasteiger partial charge in [0.25, 0.3) is 0 Å². The molecule has 2 heterocycles. The maximum Gasteiger partial charge on any atom is 0.157 e. The van der Waals surface area contributed by atoms with E-state index in [1.165, 1.54) is 16.8 Å². The molecule has 0 saturated heterocycles. The van der Waals surface area contributed by atoms with Gasteiger partial charge in [-0.3, -0.25) is 0 Å². The van der Waals surface area contributed by atoms with Crippen molar-refractivity contribution in [1.82, 2.24) is 9.88 Å². The third-order valence-corrected chi connectivity index (χ3v) is 5.15. The first-order valence-electron chi connectivity index (χ1n) is 9.94. The Balaban J connectivity index is 1.84. The lowest BCUT2D eigenvalue weighted by molar-refractivity contribution is 0.402. The van der Waals surface area contributed by atoms with Gasteiger partial charge >= 0.3 is 0 Å². The molecule has 0 radical (unpaired) electrons. The molecule has 4 nitrogen and oxygen atoms in total. The van der Waals surface area contributed by atoms with E-state index >= 15 is 0 Å². The molecule has 1 aromatic heterocycles. The fourth-order valence-electron chi connectivity index (χ4n) is 3.79. The number of aryl methyl sites for hydroxylation is 1. The first-order chi connectivity index (χ1) is 13.6. The molecule has 1 aliphatic heterocycles. The molecule has 0 fully saturated rings. The fraction of sp³-hybridized carbons (Fsp3) is 0.292. The largest absolute Gasteiger partial charge is 0.324 e. The summed E-state index contributed by atoms with van der Waals surface area (Å²) in [6, 6.07) is 12.8. The predicted molar refractivity (Wildman–Crippen MR) is 118 cm³/mol. The van der Waals surface area contributed by atoms with E-state index in [1.54, 1.807) is 0 Å². The minimum Gasteiger partial charge on any atom is -0.324 e. The summed E-state index contributed by atoms with van der Waals surface area (Å²) in [5.41, 5.74) is 6.05. The Kier molecular flexibility index (Phi) is 5.31. The molecule has 0 N–H and O–H groups in total. The molecule has 28 heavy (non-hydrogen) atoms. The van der Waals surface area contributed by atoms with Crippen LogP contribution in [0.1, 0.15) is 18.4 Å². The maximum atomic E-state index is 4.90. The van der Waals surface area contributed by atoms with Crippen LogP contribution in [0.5, 0.6) is 0 Å². The summed E-state index contributed by atoms with van der Waals surface area (Å²) in [4.78, 5) is 11.8. The lowest BCUT2D eigenvalue weighted by Gasteiger charge is -2.29. The van der Waals surface area contributed by atoms with E-state index in [9.17, 15) is 0 Å². The van der Waals surface area contributed by atoms with Gasteiger partial charge in [0.1, 0.15) is 0 Å². The Hall–Kier alpha value is -2.85. The number of anilines is 3. The van der Waals surface area contributed by atoms with Gasteiger partial charge in [0, 0.05) is 30.3 Å². The molecule has 1 aliphatic carbocycles. The average molecular weight is 373 g/mol. The third kappa shape index (κ3) is 3.73. The van der Waals surface area contributed by atoms with Gasteiger partial charge in [-0.15, -0.1) is 0 Å². The predicted octanol–water partition coefficient (Wildman–Crippen LogP) is 5.03. The fourth-order valence-corrected chi connectivity index (χ4v) is 3.79. The van der Waals surface area contributed by atoms with Gasteiger partial charge in [-0.2, -0.15) is 0 Å². The van der Waals surface area contributed by atoms with Crippen molar-refractivity contribution in [3.05, 3.63) is 83.9 Å². The Labute approximate surface area is 168 Å². The summed E-state index contributed by atoms with van der Waals surface area (Å²) < 4.78 is 0. The minimum atomic E-state index is 0.937. The molecule has 2 aromatic rings. The van der Waals surface area contributed by atoms with Crippen LogP contribution < -0.4 is 9.80 Å². The SMILES string of the molecule is Cc1cnc2c(c1)N(c1ccccc1)C=C1CC=CC=C1N2CCCN(C)C. The summed E-state index contributed by atoms with van der Waals surface area (Å²) in [6.07, 6.45) is 12.9. The molecule has 0 unspecified atom stereocenters. The number of aromatic nitrogens is 1. The highest BCUT2D eigenvalue weighted by Crippen LogP contribution is 2.41. The van der Waals surface area contributed by atoms with E-state index in [2.05, 4.69) is 96.5 Å². The first kappa shape index (κ1) is 18.5. The number of allylic oxidation sites excluding steroid dienone is 4. The third-order valence-electron chi connectivity index (χ3n) is 5.15. The molecule has 0 saturated carbocycles. The molecule has 0 atom stereocenters. The molecule has 144 valence electrons. The van der Waals surface area contributed by atoms with E-state index < -0.39 is 0 Å². The van der Waals surface area contributed by atoms with E-state index in [4.69, 9.17) is 4.98 Å². The second-order valence-electron chi connectivity index (χ2n) is 7.71. The van der Waals surface area contributed by atoms with Crippen LogP contribution in [0.4, 0.5) is 17.2 Å². The van der Waals surface area contributed by atoms with Gasteiger partial charge in [-0.25, -0.2) is 4.98 Å². The topological polar surface area (TPSA) is 22.6 Å². The molecule has 1 aromatic carbocycles. The number of hydrogen-bond acceptors (Lipinski definition) is 4. The summed E-state index contributed by atoms with van der Waals surface area (Å²) in [7, 11) is 4.26. The average Bonchev–Trinajstić information content (AvgIpc) is 2.83. The molecule has 4 heteroatoms. The van der Waals surface area contributed by atoms with Gasteiger partial charge in [0.15, 0.2) is 5.82 Å². The number of hydrogen-bond donors (Lipinski definition) is 0. The zero-order valence-electron chi connectivity index (χ0n) is 17.0. The van der Waals surface area contributed by atoms with Crippen molar-refractivity contribution in [3.8, 4) is 0 Å². The van der Waals surface area contributed by atoms with Crippen LogP contribution in [-0.4, -0.2) is 37.1 Å². The molecular weight excluding hydrogens is 344 g/mol. The zero-order valence-corrected chi connectivity index (χ0v) is 17.0. The van der Waals surface area contributed by atoms with Gasteiger partial charge in [0.05, 0.1) is 5.69 Å². The molecule has 0 amide bonds. The van der Waals surface area contributed by atoms with Gasteiger partial charge in [-0.1, -0.05) is 30.4 Å². The minimum absolute atomic E-state index is 0.937. The highest BCUT2D eigenvalue weighted by atomic mass is 15.3. The molecule has 4 rings (SSSR count). The van der Waals surface area contributed by atoms with E-state index in [0.29, 0.717) is 0 Å². The van der Waals surface area contributed by atoms with Crippen LogP contribution in [0.25, 0.3) is 0 Å². The number of para-hydroxylation sites is 1. The molecule has 0 bridgehead atoms. The Morgan fingerprint density at radius 3 is 2.75 bits per heavy atom. The summed E-state index contributed by atoms with van der Waals surface area (Å²) >= 11 is 0. The maximum absolute atomic E-state index is 4.90. The van der Waals surface area contributed by atoms with Crippen molar-refractivity contribution in [2.45, 2.75) is 19.8 Å². The monoisotopic (exact) mass is 372 g/mol. The molecular formula is C24H28N4. The zero-order chi connectivity index (χ0) is 19.5. The number of nitrogens with zero attached hydrogens (tertiary/aromatic N) is 4. The van der Waals surface area contributed by atoms with Crippen LogP contribution in [0.2, 0.25) is 0 Å². The standard InChI is InChI=1S/C24H28N4/c1-19-16-23-24(25-17-19)27(15-9-14-26(2)3)22-13-8-7-10-20(22)18-28(23)21-11-5-4-6-12-21/h4-8,11-13,16-18H,9-10,14-15H2,1-3H3. The normalized spacial score (nSPS) is 15.7. The molecule has 2 aliphatic rings. The number of rotatable bonds is 5. The summed E-state index contributed by atoms with van der Waals surface area (Å²) in [5, 5.41) is 0. The van der Waals surface area contributed by atoms with Crippen molar-refractivity contribution in [2.24, 2.45) is 0 Å². The van der Waals surface area contributed by atoms with Crippen molar-refractivity contribution in [2.75, 3.05) is 37.0 Å². The van der Waals surface area contributed by atoms with Gasteiger partial charge in [0.2, 0.25) is 0 Å². The van der Waals surface area contributed by atoms with Crippen molar-refractivity contribution in [3.63, 3.8) is 0 Å². The van der Waals surface area contributed by atoms with E-state index in [1.807, 2.05) is 6.20 Å². The van der Waals surface area contributed by atoms with Crippen LogP contribution in [-0.2, 0) is 0 Å². The highest BCUT2D eigenvalue weighted by molar-refractivity contribution is 5.81. The first-order valence-corrected chi connectivity index (χ1v) is 9.94. The Morgan fingerprint density at radius 1 is 1.14 bits per heavy atom. The summed E-state index contributed by atoms with van der Waals surface area (Å²) in [6.45, 7) is 4.11. The summed E-state index contributed by atoms with van der Waals surface area (Å²) in [5.74, 6) is 1.03. The van der Waals surface area contributed by atoms with Crippen molar-refractivity contribution in [1.29, 1.82) is 0 Å². The number of fused-ring (bicyclic) bond motifs is 2. The Morgan fingerprint density at radius 2 is 1.96 bits per heavy atom. The smallest absolute Gasteiger partial charge is 0.157 e. The lowest BCUT2D eigenvalue weighted by atomic mass is 10.0. The van der Waals surface area contributed by atoms with Crippen molar-refractivity contribution < 1.29 is 0 Å². The van der Waals surface area contributed by atoms with Crippen LogP contribution >= 0.6 is 0 Å². The lowest BCUT2D eigenvalue weighted by Crippen LogP contribution is -2.28. The van der Waals surface area contributed by atoms with Gasteiger partial charge in [-0.05, 0) is 75.8 Å². The van der Waals surface area contributed by atoms with Gasteiger partial charge < -0.3 is 14.7 Å². The number of pyridine rings is 1. The van der Waals surface area contributed by atoms with Crippen LogP contribution in [0.3, 0.4) is 0 Å². The van der Waals surface area contributed by atoms with E-state index in [-0.39, 0.29) is 0 Å². The number of benzene rings is 1. The second kappa shape index (κ2) is 8.03. The second-order valence-corrected chi connectivity index (χ2v) is 7.71. The highest BCUT2D eigenvalue weighted by Gasteiger charge is 2.27. The Bertz CT molecular complexity index is 925. The van der Waals surface area contributed by atoms with Crippen LogP contribution in [0, 0.1) is 6.92 Å². The van der Waals surface area contributed by atoms with E-state index in [0.717, 1.165) is 43.1 Å². The van der Waals surface area contributed by atoms with Crippen molar-refractivity contribution >= 4 is 17.2 Å². The molecule has 0 spiro atoms. The van der Waals surface area contributed by atoms with Crippen LogP contribution in [0.15, 0.2) is 78.3 Å². The quantitative estimate of drug-likeness (QED) is 0.734.